The first-order valence-corrected chi connectivity index (χ1v) is 6.08. The topological polar surface area (TPSA) is 92.4 Å². The van der Waals surface area contributed by atoms with E-state index in [2.05, 4.69) is 0 Å². The number of primary amides is 1. The van der Waals surface area contributed by atoms with Gasteiger partial charge in [-0.2, -0.15) is 8.78 Å². The molecule has 0 spiro atoms. The van der Waals surface area contributed by atoms with Crippen LogP contribution in [-0.2, 0) is 4.79 Å². The van der Waals surface area contributed by atoms with Gasteiger partial charge >= 0.3 is 5.92 Å². The van der Waals surface area contributed by atoms with Gasteiger partial charge in [-0.05, 0) is 37.5 Å². The molecule has 1 aromatic rings. The van der Waals surface area contributed by atoms with Crippen LogP contribution in [0.25, 0.3) is 0 Å². The van der Waals surface area contributed by atoms with Crippen molar-refractivity contribution in [3.05, 3.63) is 29.8 Å². The predicted molar refractivity (Wildman–Crippen MR) is 67.3 cm³/mol. The van der Waals surface area contributed by atoms with Gasteiger partial charge in [0, 0.05) is 11.3 Å². The Hall–Kier alpha value is -2.02. The second-order valence-corrected chi connectivity index (χ2v) is 4.86. The summed E-state index contributed by atoms with van der Waals surface area (Å²) < 4.78 is 27.7. The lowest BCUT2D eigenvalue weighted by Crippen LogP contribution is -2.59. The Balaban J connectivity index is 2.15. The summed E-state index contributed by atoms with van der Waals surface area (Å²) in [6.07, 6.45) is 0.222. The van der Waals surface area contributed by atoms with E-state index in [1.54, 1.807) is 0 Å². The molecule has 1 aromatic carbocycles. The van der Waals surface area contributed by atoms with Crippen LogP contribution in [0.5, 0.6) is 0 Å². The molecule has 0 aliphatic heterocycles. The molecule has 1 saturated carbocycles. The van der Waals surface area contributed by atoms with Crippen molar-refractivity contribution >= 4 is 17.5 Å². The predicted octanol–water partition coefficient (Wildman–Crippen LogP) is 1.27. The highest BCUT2D eigenvalue weighted by Gasteiger charge is 2.61. The Bertz CT molecular complexity index is 556. The summed E-state index contributed by atoms with van der Waals surface area (Å²) in [5.74, 6) is -6.21. The number of amides is 2. The number of hydrogen-bond acceptors (Lipinski definition) is 3. The minimum atomic E-state index is -3.88. The number of hydrogen-bond donors (Lipinski definition) is 3. The summed E-state index contributed by atoms with van der Waals surface area (Å²) in [6, 6.07) is 5.36. The average molecular weight is 284 g/mol. The zero-order valence-electron chi connectivity index (χ0n) is 10.5. The monoisotopic (exact) mass is 284 g/mol. The van der Waals surface area contributed by atoms with Crippen LogP contribution in [0.2, 0.25) is 0 Å². The zero-order chi connectivity index (χ0) is 15.0. The van der Waals surface area contributed by atoms with Crippen LogP contribution >= 0.6 is 0 Å². The van der Waals surface area contributed by atoms with Gasteiger partial charge in [0.15, 0.2) is 0 Å². The van der Waals surface area contributed by atoms with Crippen molar-refractivity contribution in [3.63, 3.8) is 0 Å². The van der Waals surface area contributed by atoms with Crippen molar-refractivity contribution in [3.8, 4) is 0 Å². The normalized spacial score (nSPS) is 17.1. The number of nitrogens with two attached hydrogens (primary N) is 1. The van der Waals surface area contributed by atoms with Crippen molar-refractivity contribution < 1.29 is 23.5 Å². The van der Waals surface area contributed by atoms with E-state index >= 15 is 0 Å². The molecule has 0 radical (unpaired) electrons. The number of nitrogens with one attached hydrogen (secondary N) is 1. The Morgan fingerprint density at radius 1 is 1.35 bits per heavy atom. The summed E-state index contributed by atoms with van der Waals surface area (Å²) in [6.45, 7) is 0. The summed E-state index contributed by atoms with van der Waals surface area (Å²) >= 11 is 0. The maximum Gasteiger partial charge on any atom is 0.352 e. The third-order valence-corrected chi connectivity index (χ3v) is 3.46. The first-order chi connectivity index (χ1) is 9.26. The van der Waals surface area contributed by atoms with E-state index < -0.39 is 23.3 Å². The van der Waals surface area contributed by atoms with E-state index in [0.29, 0.717) is 6.42 Å². The van der Waals surface area contributed by atoms with Crippen molar-refractivity contribution in [2.75, 3.05) is 5.32 Å². The van der Waals surface area contributed by atoms with Gasteiger partial charge in [0.25, 0.3) is 5.91 Å². The van der Waals surface area contributed by atoms with E-state index in [0.717, 1.165) is 0 Å². The third-order valence-electron chi connectivity index (χ3n) is 3.46. The highest BCUT2D eigenvalue weighted by atomic mass is 19.3. The number of benzene rings is 1. The largest absolute Gasteiger partial charge is 0.383 e. The summed E-state index contributed by atoms with van der Waals surface area (Å²) in [4.78, 5) is 22.6. The molecule has 1 aliphatic carbocycles. The Morgan fingerprint density at radius 2 is 2.00 bits per heavy atom. The Labute approximate surface area is 113 Å². The molecule has 1 fully saturated rings. The molecule has 1 aliphatic rings. The number of aliphatic hydroxyl groups is 1. The fourth-order valence-electron chi connectivity index (χ4n) is 2.00. The van der Waals surface area contributed by atoms with Gasteiger partial charge < -0.3 is 16.2 Å². The first kappa shape index (κ1) is 14.4. The molecule has 108 valence electrons. The molecule has 0 atom stereocenters. The minimum absolute atomic E-state index is 0.0221. The lowest BCUT2D eigenvalue weighted by atomic mass is 9.75. The van der Waals surface area contributed by atoms with Gasteiger partial charge in [-0.3, -0.25) is 9.59 Å². The number of carbonyl (C=O) groups is 2. The second-order valence-electron chi connectivity index (χ2n) is 4.86. The van der Waals surface area contributed by atoms with Gasteiger partial charge in [-0.15, -0.1) is 0 Å². The molecule has 4 N–H and O–H groups in total. The molecule has 7 heteroatoms. The molecule has 0 unspecified atom stereocenters. The van der Waals surface area contributed by atoms with Gasteiger partial charge in [0.1, 0.15) is 5.60 Å². The van der Waals surface area contributed by atoms with Crippen molar-refractivity contribution in [2.45, 2.75) is 30.8 Å². The maximum absolute atomic E-state index is 13.8. The Kier molecular flexibility index (Phi) is 3.47. The fraction of sp³-hybridized carbons (Fsp3) is 0.385. The lowest BCUT2D eigenvalue weighted by molar-refractivity contribution is -0.212. The van der Waals surface area contributed by atoms with Gasteiger partial charge in [0.2, 0.25) is 5.91 Å². The van der Waals surface area contributed by atoms with E-state index in [1.165, 1.54) is 24.3 Å². The quantitative estimate of drug-likeness (QED) is 0.777. The molecule has 5 nitrogen and oxygen atoms in total. The highest BCUT2D eigenvalue weighted by molar-refractivity contribution is 5.99. The van der Waals surface area contributed by atoms with Crippen LogP contribution in [0.4, 0.5) is 14.5 Å². The van der Waals surface area contributed by atoms with Crippen molar-refractivity contribution in [2.24, 2.45) is 5.73 Å². The molecular weight excluding hydrogens is 270 g/mol. The highest BCUT2D eigenvalue weighted by Crippen LogP contribution is 2.44. The fourth-order valence-corrected chi connectivity index (χ4v) is 2.00. The number of alkyl halides is 2. The summed E-state index contributed by atoms with van der Waals surface area (Å²) in [5, 5.41) is 11.6. The third kappa shape index (κ3) is 2.36. The molecule has 2 amide bonds. The minimum Gasteiger partial charge on any atom is -0.383 e. The molecule has 2 rings (SSSR count). The van der Waals surface area contributed by atoms with E-state index in [9.17, 15) is 23.5 Å². The molecule has 0 aromatic heterocycles. The van der Waals surface area contributed by atoms with E-state index in [-0.39, 0.29) is 24.1 Å². The maximum atomic E-state index is 13.8. The molecule has 0 heterocycles. The van der Waals surface area contributed by atoms with Crippen LogP contribution in [0.3, 0.4) is 0 Å². The number of anilines is 1. The van der Waals surface area contributed by atoms with Crippen molar-refractivity contribution in [1.29, 1.82) is 0 Å². The molecule has 20 heavy (non-hydrogen) atoms. The van der Waals surface area contributed by atoms with Crippen LogP contribution in [0, 0.1) is 0 Å². The summed E-state index contributed by atoms with van der Waals surface area (Å²) in [7, 11) is 0. The zero-order valence-corrected chi connectivity index (χ0v) is 10.5. The van der Waals surface area contributed by atoms with Crippen molar-refractivity contribution in [1.82, 2.24) is 0 Å². The molecule has 0 bridgehead atoms. The average Bonchev–Trinajstić information content (AvgIpc) is 2.35. The van der Waals surface area contributed by atoms with Crippen LogP contribution < -0.4 is 11.1 Å². The Morgan fingerprint density at radius 3 is 2.50 bits per heavy atom. The van der Waals surface area contributed by atoms with Crippen LogP contribution in [0.1, 0.15) is 29.6 Å². The van der Waals surface area contributed by atoms with Gasteiger partial charge in [0.05, 0.1) is 0 Å². The number of rotatable bonds is 4. The van der Waals surface area contributed by atoms with Gasteiger partial charge in [-0.25, -0.2) is 0 Å². The first-order valence-electron chi connectivity index (χ1n) is 6.08. The number of halogens is 2. The van der Waals surface area contributed by atoms with Gasteiger partial charge in [-0.1, -0.05) is 6.07 Å². The number of carbonyl (C=O) groups excluding carboxylic acids is 2. The van der Waals surface area contributed by atoms with Crippen LogP contribution in [-0.4, -0.2) is 28.4 Å². The van der Waals surface area contributed by atoms with E-state index in [4.69, 9.17) is 5.73 Å². The smallest absolute Gasteiger partial charge is 0.352 e. The second kappa shape index (κ2) is 4.82. The molecule has 0 saturated heterocycles. The standard InChI is InChI=1S/C13H14F2N2O3/c14-13(15,12(20)5-2-6-12)11(19)17-9-4-1-3-8(7-9)10(16)18/h1,3-4,7,20H,2,5-6H2,(H2,16,18)(H,17,19). The molecular formula is C13H14F2N2O3. The lowest BCUT2D eigenvalue weighted by Gasteiger charge is -2.41. The summed E-state index contributed by atoms with van der Waals surface area (Å²) in [5.41, 5.74) is 2.89. The van der Waals surface area contributed by atoms with E-state index in [1.807, 2.05) is 5.32 Å². The van der Waals surface area contributed by atoms with Crippen LogP contribution in [0.15, 0.2) is 24.3 Å². The SMILES string of the molecule is NC(=O)c1cccc(NC(=O)C(F)(F)C2(O)CCC2)c1.